The number of aromatic nitrogens is 3. The topological polar surface area (TPSA) is 238 Å². The van der Waals surface area contributed by atoms with Crippen LogP contribution in [0, 0.1) is 0 Å². The first kappa shape index (κ1) is 31.4. The molecule has 0 aliphatic carbocycles. The number of H-pyrrole nitrogens is 2. The first-order valence-corrected chi connectivity index (χ1v) is 13.8. The van der Waals surface area contributed by atoms with Crippen molar-refractivity contribution in [2.24, 2.45) is 11.5 Å². The predicted octanol–water partition coefficient (Wildman–Crippen LogP) is -0.339. The molecule has 44 heavy (non-hydrogen) atoms. The molecule has 2 aromatic heterocycles. The molecule has 4 aromatic rings. The Labute approximate surface area is 252 Å². The van der Waals surface area contributed by atoms with E-state index >= 15 is 0 Å². The van der Waals surface area contributed by atoms with Crippen molar-refractivity contribution in [3.63, 3.8) is 0 Å². The summed E-state index contributed by atoms with van der Waals surface area (Å²) in [4.78, 5) is 73.4. The number of hydrogen-bond donors (Lipinski definition) is 8. The van der Waals surface area contributed by atoms with E-state index in [0.29, 0.717) is 16.8 Å². The number of para-hydroxylation sites is 1. The number of hydrogen-bond acceptors (Lipinski definition) is 7. The lowest BCUT2D eigenvalue weighted by atomic mass is 10.0. The van der Waals surface area contributed by atoms with Crippen LogP contribution >= 0.6 is 0 Å². The lowest BCUT2D eigenvalue weighted by molar-refractivity contribution is -0.142. The van der Waals surface area contributed by atoms with Crippen molar-refractivity contribution in [3.05, 3.63) is 90.1 Å². The number of nitrogens with two attached hydrogens (primary N) is 2. The van der Waals surface area contributed by atoms with E-state index in [0.717, 1.165) is 10.9 Å². The number of aromatic amines is 2. The molecule has 0 bridgehead atoms. The van der Waals surface area contributed by atoms with E-state index in [1.807, 2.05) is 24.3 Å². The zero-order chi connectivity index (χ0) is 31.6. The maximum atomic E-state index is 13.7. The summed E-state index contributed by atoms with van der Waals surface area (Å²) in [5, 5.41) is 18.5. The Morgan fingerprint density at radius 2 is 1.43 bits per heavy atom. The van der Waals surface area contributed by atoms with Gasteiger partial charge in [-0.15, -0.1) is 0 Å². The van der Waals surface area contributed by atoms with Gasteiger partial charge in [0, 0.05) is 48.3 Å². The molecule has 0 saturated heterocycles. The summed E-state index contributed by atoms with van der Waals surface area (Å²) < 4.78 is 0. The fourth-order valence-electron chi connectivity index (χ4n) is 4.74. The van der Waals surface area contributed by atoms with Crippen LogP contribution < -0.4 is 27.4 Å². The average Bonchev–Trinajstić information content (AvgIpc) is 3.66. The van der Waals surface area contributed by atoms with Gasteiger partial charge >= 0.3 is 5.97 Å². The number of carbonyl (C=O) groups is 5. The molecule has 4 atom stereocenters. The van der Waals surface area contributed by atoms with Gasteiger partial charge in [-0.25, -0.2) is 9.78 Å². The maximum absolute atomic E-state index is 13.7. The molecule has 0 fully saturated rings. The van der Waals surface area contributed by atoms with Crippen LogP contribution in [0.1, 0.15) is 23.2 Å². The highest BCUT2D eigenvalue weighted by molar-refractivity contribution is 5.95. The molecule has 0 spiro atoms. The number of benzene rings is 2. The molecule has 14 nitrogen and oxygen atoms in total. The highest BCUT2D eigenvalue weighted by Gasteiger charge is 2.31. The summed E-state index contributed by atoms with van der Waals surface area (Å²) >= 11 is 0. The van der Waals surface area contributed by atoms with E-state index in [2.05, 4.69) is 30.9 Å². The average molecular weight is 603 g/mol. The molecule has 0 aliphatic rings. The smallest absolute Gasteiger partial charge is 0.326 e. The van der Waals surface area contributed by atoms with Crippen LogP contribution in [0.5, 0.6) is 0 Å². The number of carbonyl (C=O) groups excluding carboxylic acids is 4. The Morgan fingerprint density at radius 3 is 2.09 bits per heavy atom. The van der Waals surface area contributed by atoms with E-state index in [-0.39, 0.29) is 19.3 Å². The number of aliphatic carboxylic acids is 1. The number of fused-ring (bicyclic) bond motifs is 1. The van der Waals surface area contributed by atoms with Crippen LogP contribution in [0.4, 0.5) is 0 Å². The van der Waals surface area contributed by atoms with Crippen molar-refractivity contribution in [2.75, 3.05) is 0 Å². The van der Waals surface area contributed by atoms with Crippen molar-refractivity contribution < 1.29 is 29.1 Å². The van der Waals surface area contributed by atoms with Gasteiger partial charge in [-0.1, -0.05) is 48.5 Å². The molecule has 4 rings (SSSR count). The molecule has 230 valence electrons. The standard InChI is InChI=1S/C30H34N8O6/c31-21(13-26(32)39)27(40)36-24(12-19-15-33-16-35-19)29(42)37-23(11-18-14-34-22-9-5-4-8-20(18)22)28(41)38-25(30(43)44)10-17-6-2-1-3-7-17/h1-9,14-16,21,23-25,34H,10-13,31H2,(H2,32,39)(H,33,35)(H,36,40)(H,37,42)(H,38,41)(H,43,44). The third-order valence-corrected chi connectivity index (χ3v) is 7.00. The van der Waals surface area contributed by atoms with Crippen molar-refractivity contribution in [3.8, 4) is 0 Å². The second-order valence-electron chi connectivity index (χ2n) is 10.3. The summed E-state index contributed by atoms with van der Waals surface area (Å²) in [6.45, 7) is 0. The van der Waals surface area contributed by atoms with E-state index in [1.54, 1.807) is 36.5 Å². The van der Waals surface area contributed by atoms with Crippen LogP contribution in [-0.4, -0.2) is 73.8 Å². The molecule has 0 radical (unpaired) electrons. The van der Waals surface area contributed by atoms with Crippen LogP contribution in [0.3, 0.4) is 0 Å². The van der Waals surface area contributed by atoms with Gasteiger partial charge in [0.1, 0.15) is 18.1 Å². The number of nitrogens with one attached hydrogen (secondary N) is 5. The zero-order valence-electron chi connectivity index (χ0n) is 23.7. The Hall–Kier alpha value is -5.50. The monoisotopic (exact) mass is 602 g/mol. The molecule has 2 aromatic carbocycles. The summed E-state index contributed by atoms with van der Waals surface area (Å²) in [6, 6.07) is 11.2. The van der Waals surface area contributed by atoms with Gasteiger partial charge in [-0.2, -0.15) is 0 Å². The van der Waals surface area contributed by atoms with E-state index in [9.17, 15) is 29.1 Å². The molecule has 2 heterocycles. The van der Waals surface area contributed by atoms with Gasteiger partial charge in [0.25, 0.3) is 0 Å². The van der Waals surface area contributed by atoms with Crippen molar-refractivity contribution in [2.45, 2.75) is 49.9 Å². The molecule has 0 saturated carbocycles. The van der Waals surface area contributed by atoms with Gasteiger partial charge in [0.2, 0.25) is 23.6 Å². The van der Waals surface area contributed by atoms with Crippen LogP contribution in [0.15, 0.2) is 73.3 Å². The third-order valence-electron chi connectivity index (χ3n) is 7.00. The molecule has 10 N–H and O–H groups in total. The third kappa shape index (κ3) is 8.51. The molecule has 14 heteroatoms. The number of carboxylic acids is 1. The predicted molar refractivity (Wildman–Crippen MR) is 160 cm³/mol. The number of amides is 4. The minimum atomic E-state index is -1.30. The van der Waals surface area contributed by atoms with E-state index in [1.165, 1.54) is 12.5 Å². The largest absolute Gasteiger partial charge is 0.480 e. The highest BCUT2D eigenvalue weighted by Crippen LogP contribution is 2.19. The minimum Gasteiger partial charge on any atom is -0.480 e. The maximum Gasteiger partial charge on any atom is 0.326 e. The van der Waals surface area contributed by atoms with Gasteiger partial charge in [-0.05, 0) is 17.2 Å². The molecular formula is C30H34N8O6. The Kier molecular flexibility index (Phi) is 10.4. The van der Waals surface area contributed by atoms with Gasteiger partial charge in [0.15, 0.2) is 0 Å². The van der Waals surface area contributed by atoms with Crippen LogP contribution in [0.2, 0.25) is 0 Å². The quantitative estimate of drug-likeness (QED) is 0.0893. The molecule has 4 amide bonds. The fourth-order valence-corrected chi connectivity index (χ4v) is 4.74. The van der Waals surface area contributed by atoms with Crippen LogP contribution in [-0.2, 0) is 43.2 Å². The lowest BCUT2D eigenvalue weighted by Crippen LogP contribution is -2.58. The number of imidazole rings is 1. The van der Waals surface area contributed by atoms with E-state index < -0.39 is 60.2 Å². The van der Waals surface area contributed by atoms with Crippen molar-refractivity contribution in [1.82, 2.24) is 30.9 Å². The SMILES string of the molecule is NC(=O)CC(N)C(=O)NC(Cc1cnc[nH]1)C(=O)NC(Cc1c[nH]c2ccccc12)C(=O)NC(Cc1ccccc1)C(=O)O. The number of nitrogens with zero attached hydrogens (tertiary/aromatic N) is 1. The number of rotatable bonds is 15. The van der Waals surface area contributed by atoms with Gasteiger partial charge in [0.05, 0.1) is 18.8 Å². The highest BCUT2D eigenvalue weighted by atomic mass is 16.4. The Bertz CT molecular complexity index is 1600. The fraction of sp³-hybridized carbons (Fsp3) is 0.267. The first-order valence-electron chi connectivity index (χ1n) is 13.8. The van der Waals surface area contributed by atoms with Crippen molar-refractivity contribution in [1.29, 1.82) is 0 Å². The van der Waals surface area contributed by atoms with Gasteiger partial charge < -0.3 is 42.5 Å². The second-order valence-corrected chi connectivity index (χ2v) is 10.3. The van der Waals surface area contributed by atoms with Gasteiger partial charge in [-0.3, -0.25) is 19.2 Å². The van der Waals surface area contributed by atoms with Crippen molar-refractivity contribution >= 4 is 40.5 Å². The normalized spacial score (nSPS) is 13.8. The first-order chi connectivity index (χ1) is 21.1. The Balaban J connectivity index is 1.59. The van der Waals surface area contributed by atoms with E-state index in [4.69, 9.17) is 11.5 Å². The summed E-state index contributed by atoms with van der Waals surface area (Å²) in [6.07, 6.45) is 4.12. The number of carboxylic acid groups (broad SMARTS) is 1. The minimum absolute atomic E-state index is 0.00513. The summed E-state index contributed by atoms with van der Waals surface area (Å²) in [7, 11) is 0. The molecule has 0 aliphatic heterocycles. The molecular weight excluding hydrogens is 568 g/mol. The summed E-state index contributed by atoms with van der Waals surface area (Å²) in [5.74, 6) is -4.30. The molecule has 4 unspecified atom stereocenters. The lowest BCUT2D eigenvalue weighted by Gasteiger charge is -2.25. The summed E-state index contributed by atoms with van der Waals surface area (Å²) in [5.41, 5.74) is 13.7. The Morgan fingerprint density at radius 1 is 0.795 bits per heavy atom. The van der Waals surface area contributed by atoms with Crippen LogP contribution in [0.25, 0.3) is 10.9 Å². The number of primary amides is 1. The second kappa shape index (κ2) is 14.6. The zero-order valence-corrected chi connectivity index (χ0v) is 23.7.